The zero-order valence-corrected chi connectivity index (χ0v) is 26.9. The van der Waals surface area contributed by atoms with E-state index in [4.69, 9.17) is 0 Å². The summed E-state index contributed by atoms with van der Waals surface area (Å²) in [4.78, 5) is 42.4. The monoisotopic (exact) mass is 576 g/mol. The van der Waals surface area contributed by atoms with Gasteiger partial charge in [-0.3, -0.25) is 14.4 Å². The zero-order valence-electron chi connectivity index (χ0n) is 26.9. The van der Waals surface area contributed by atoms with Gasteiger partial charge in [-0.15, -0.1) is 0 Å². The Kier molecular flexibility index (Phi) is 11.7. The standard InChI is InChI=1S/C30H40N4O3.C5H12/c1-19(31-5)27(35)33-26(30(2,3)4)29(37)34-18-22-13-7-6-12-21(22)17-25(34)28(36)32-24-16-10-14-20-11-8-9-15-23(20)24;1-4-5(2)3/h6-9,11-13,15,19,24-26,31H,10,14,16-18H2,1-5H3,(H,32,36)(H,33,35);5H,4H2,1-3H3/t19-,24+,25-,26+;/m0./s1. The Morgan fingerprint density at radius 3 is 2.14 bits per heavy atom. The Morgan fingerprint density at radius 2 is 1.55 bits per heavy atom. The molecule has 0 saturated carbocycles. The Labute approximate surface area is 253 Å². The molecule has 4 atom stereocenters. The molecule has 1 heterocycles. The molecule has 0 bridgehead atoms. The maximum atomic E-state index is 14.1. The summed E-state index contributed by atoms with van der Waals surface area (Å²) < 4.78 is 0. The third-order valence-corrected chi connectivity index (χ3v) is 8.56. The average Bonchev–Trinajstić information content (AvgIpc) is 2.98. The lowest BCUT2D eigenvalue weighted by Gasteiger charge is -2.41. The fourth-order valence-electron chi connectivity index (χ4n) is 5.37. The highest BCUT2D eigenvalue weighted by atomic mass is 16.2. The van der Waals surface area contributed by atoms with Crippen LogP contribution in [0.1, 0.15) is 96.0 Å². The molecule has 2 aromatic rings. The maximum absolute atomic E-state index is 14.1. The van der Waals surface area contributed by atoms with Gasteiger partial charge in [-0.2, -0.15) is 0 Å². The molecule has 230 valence electrons. The van der Waals surface area contributed by atoms with Gasteiger partial charge in [-0.05, 0) is 66.8 Å². The second kappa shape index (κ2) is 14.8. The van der Waals surface area contributed by atoms with E-state index in [9.17, 15) is 14.4 Å². The predicted molar refractivity (Wildman–Crippen MR) is 170 cm³/mol. The minimum Gasteiger partial charge on any atom is -0.347 e. The van der Waals surface area contributed by atoms with Crippen molar-refractivity contribution in [3.8, 4) is 0 Å². The number of benzene rings is 2. The van der Waals surface area contributed by atoms with Crippen LogP contribution in [0.25, 0.3) is 0 Å². The second-order valence-corrected chi connectivity index (χ2v) is 13.2. The van der Waals surface area contributed by atoms with Crippen molar-refractivity contribution in [1.82, 2.24) is 20.9 Å². The molecule has 7 nitrogen and oxygen atoms in total. The normalized spacial score (nSPS) is 19.4. The number of hydrogen-bond donors (Lipinski definition) is 3. The summed E-state index contributed by atoms with van der Waals surface area (Å²) in [6.45, 7) is 14.5. The van der Waals surface area contributed by atoms with Crippen molar-refractivity contribution in [2.24, 2.45) is 11.3 Å². The molecule has 0 radical (unpaired) electrons. The van der Waals surface area contributed by atoms with Gasteiger partial charge in [0, 0.05) is 13.0 Å². The van der Waals surface area contributed by atoms with Crippen LogP contribution in [0.5, 0.6) is 0 Å². The average molecular weight is 577 g/mol. The molecule has 7 heteroatoms. The van der Waals surface area contributed by atoms with Crippen molar-refractivity contribution in [1.29, 1.82) is 0 Å². The number of carbonyl (C=O) groups excluding carboxylic acids is 3. The van der Waals surface area contributed by atoms with Crippen molar-refractivity contribution < 1.29 is 14.4 Å². The van der Waals surface area contributed by atoms with Gasteiger partial charge in [0.05, 0.1) is 12.1 Å². The molecule has 3 amide bonds. The summed E-state index contributed by atoms with van der Waals surface area (Å²) in [7, 11) is 1.71. The van der Waals surface area contributed by atoms with Gasteiger partial charge in [0.1, 0.15) is 12.1 Å². The van der Waals surface area contributed by atoms with Crippen LogP contribution in [0.15, 0.2) is 48.5 Å². The molecule has 2 aromatic carbocycles. The van der Waals surface area contributed by atoms with Gasteiger partial charge >= 0.3 is 0 Å². The fraction of sp³-hybridized carbons (Fsp3) is 0.571. The number of amides is 3. The molecular formula is C35H52N4O3. The van der Waals surface area contributed by atoms with Gasteiger partial charge < -0.3 is 20.9 Å². The number of rotatable bonds is 7. The van der Waals surface area contributed by atoms with E-state index in [1.54, 1.807) is 18.9 Å². The van der Waals surface area contributed by atoms with Gasteiger partial charge in [-0.25, -0.2) is 0 Å². The molecule has 42 heavy (non-hydrogen) atoms. The maximum Gasteiger partial charge on any atom is 0.246 e. The summed E-state index contributed by atoms with van der Waals surface area (Å²) in [5.74, 6) is 0.262. The molecule has 0 spiro atoms. The lowest BCUT2D eigenvalue weighted by atomic mass is 9.83. The highest BCUT2D eigenvalue weighted by Gasteiger charge is 2.42. The summed E-state index contributed by atoms with van der Waals surface area (Å²) in [5, 5.41) is 9.17. The molecule has 0 unspecified atom stereocenters. The third kappa shape index (κ3) is 8.43. The Bertz CT molecular complexity index is 1220. The minimum absolute atomic E-state index is 0.0684. The van der Waals surface area contributed by atoms with Crippen molar-refractivity contribution in [2.45, 2.75) is 111 Å². The second-order valence-electron chi connectivity index (χ2n) is 13.2. The Hall–Kier alpha value is -3.19. The van der Waals surface area contributed by atoms with Crippen LogP contribution in [-0.2, 0) is 33.8 Å². The first-order chi connectivity index (χ1) is 19.9. The van der Waals surface area contributed by atoms with Crippen molar-refractivity contribution in [2.75, 3.05) is 7.05 Å². The van der Waals surface area contributed by atoms with Crippen LogP contribution >= 0.6 is 0 Å². The first-order valence-electron chi connectivity index (χ1n) is 15.6. The van der Waals surface area contributed by atoms with Crippen LogP contribution in [0, 0.1) is 11.3 Å². The highest BCUT2D eigenvalue weighted by molar-refractivity contribution is 5.94. The van der Waals surface area contributed by atoms with Crippen molar-refractivity contribution in [3.63, 3.8) is 0 Å². The predicted octanol–water partition coefficient (Wildman–Crippen LogP) is 5.32. The van der Waals surface area contributed by atoms with Crippen LogP contribution in [0.3, 0.4) is 0 Å². The van der Waals surface area contributed by atoms with E-state index in [1.165, 1.54) is 12.0 Å². The van der Waals surface area contributed by atoms with E-state index in [2.05, 4.69) is 48.9 Å². The number of aryl methyl sites for hydroxylation is 1. The topological polar surface area (TPSA) is 90.5 Å². The summed E-state index contributed by atoms with van der Waals surface area (Å²) in [6, 6.07) is 14.3. The van der Waals surface area contributed by atoms with Gasteiger partial charge in [0.15, 0.2) is 0 Å². The smallest absolute Gasteiger partial charge is 0.246 e. The molecule has 4 rings (SSSR count). The first kappa shape index (κ1) is 33.3. The van der Waals surface area contributed by atoms with E-state index >= 15 is 0 Å². The molecule has 1 aliphatic carbocycles. The summed E-state index contributed by atoms with van der Waals surface area (Å²) >= 11 is 0. The molecular weight excluding hydrogens is 524 g/mol. The van der Waals surface area contributed by atoms with Gasteiger partial charge in [-0.1, -0.05) is 96.5 Å². The zero-order chi connectivity index (χ0) is 31.0. The van der Waals surface area contributed by atoms with Crippen LogP contribution < -0.4 is 16.0 Å². The van der Waals surface area contributed by atoms with Gasteiger partial charge in [0.25, 0.3) is 0 Å². The Balaban J connectivity index is 0.000000892. The van der Waals surface area contributed by atoms with E-state index in [-0.39, 0.29) is 23.8 Å². The summed E-state index contributed by atoms with van der Waals surface area (Å²) in [6.07, 6.45) is 4.66. The van der Waals surface area contributed by atoms with E-state index < -0.39 is 23.5 Å². The van der Waals surface area contributed by atoms with Crippen molar-refractivity contribution >= 4 is 17.7 Å². The molecule has 0 aromatic heterocycles. The molecule has 0 saturated heterocycles. The number of nitrogens with zero attached hydrogens (tertiary/aromatic N) is 1. The first-order valence-corrected chi connectivity index (χ1v) is 15.6. The van der Waals surface area contributed by atoms with Gasteiger partial charge in [0.2, 0.25) is 17.7 Å². The van der Waals surface area contributed by atoms with E-state index in [1.807, 2.05) is 57.2 Å². The number of likely N-dealkylation sites (N-methyl/N-ethyl adjacent to an activating group) is 1. The minimum atomic E-state index is -0.772. The fourth-order valence-corrected chi connectivity index (χ4v) is 5.37. The molecule has 2 aliphatic rings. The number of nitrogens with one attached hydrogen (secondary N) is 3. The molecule has 0 fully saturated rings. The SMILES string of the molecule is CCC(C)C.CN[C@@H](C)C(=O)N[C@H](C(=O)N1Cc2ccccc2C[C@H]1C(=O)N[C@@H]1CCCc2ccccc21)C(C)(C)C. The Morgan fingerprint density at radius 1 is 0.952 bits per heavy atom. The molecule has 3 N–H and O–H groups in total. The quantitative estimate of drug-likeness (QED) is 0.416. The lowest BCUT2D eigenvalue weighted by molar-refractivity contribution is -0.147. The number of carbonyl (C=O) groups is 3. The molecule has 1 aliphatic heterocycles. The highest BCUT2D eigenvalue weighted by Crippen LogP contribution is 2.32. The number of fused-ring (bicyclic) bond motifs is 2. The largest absolute Gasteiger partial charge is 0.347 e. The van der Waals surface area contributed by atoms with E-state index in [0.29, 0.717) is 13.0 Å². The number of hydrogen-bond acceptors (Lipinski definition) is 4. The van der Waals surface area contributed by atoms with Crippen LogP contribution in [-0.4, -0.2) is 47.8 Å². The summed E-state index contributed by atoms with van der Waals surface area (Å²) in [5.41, 5.74) is 4.01. The lowest BCUT2D eigenvalue weighted by Crippen LogP contribution is -2.62. The third-order valence-electron chi connectivity index (χ3n) is 8.56. The van der Waals surface area contributed by atoms with Crippen LogP contribution in [0.4, 0.5) is 0 Å². The van der Waals surface area contributed by atoms with E-state index in [0.717, 1.165) is 41.9 Å². The van der Waals surface area contributed by atoms with Crippen LogP contribution in [0.2, 0.25) is 0 Å². The van der Waals surface area contributed by atoms with Crippen molar-refractivity contribution in [3.05, 3.63) is 70.8 Å².